The summed E-state index contributed by atoms with van der Waals surface area (Å²) in [6.45, 7) is 1.71. The SMILES string of the molecule is N#C[N+]1(C(N)=Nc2ccccc2CNC(=O)O)CCNC(c2ccccc2)C1. The van der Waals surface area contributed by atoms with Crippen molar-refractivity contribution in [2.45, 2.75) is 12.6 Å². The fourth-order valence-electron chi connectivity index (χ4n) is 3.32. The minimum Gasteiger partial charge on any atom is -0.465 e. The van der Waals surface area contributed by atoms with Crippen molar-refractivity contribution in [3.05, 3.63) is 65.7 Å². The number of carboxylic acid groups (broad SMARTS) is 1. The number of guanidine groups is 1. The Morgan fingerprint density at radius 3 is 2.71 bits per heavy atom. The molecule has 28 heavy (non-hydrogen) atoms. The van der Waals surface area contributed by atoms with E-state index in [0.29, 0.717) is 30.9 Å². The van der Waals surface area contributed by atoms with E-state index in [1.807, 2.05) is 30.3 Å². The maximum Gasteiger partial charge on any atom is 0.404 e. The van der Waals surface area contributed by atoms with Gasteiger partial charge >= 0.3 is 18.2 Å². The van der Waals surface area contributed by atoms with E-state index in [-0.39, 0.29) is 23.0 Å². The van der Waals surface area contributed by atoms with Gasteiger partial charge in [-0.1, -0.05) is 48.5 Å². The Balaban J connectivity index is 1.88. The molecule has 1 saturated heterocycles. The van der Waals surface area contributed by atoms with Crippen molar-refractivity contribution in [1.29, 1.82) is 5.26 Å². The molecule has 8 nitrogen and oxygen atoms in total. The van der Waals surface area contributed by atoms with Crippen LogP contribution in [0.15, 0.2) is 59.6 Å². The number of nitrogens with zero attached hydrogens (tertiary/aromatic N) is 3. The maximum atomic E-state index is 10.8. The van der Waals surface area contributed by atoms with Gasteiger partial charge in [0.15, 0.2) is 0 Å². The highest BCUT2D eigenvalue weighted by Crippen LogP contribution is 2.25. The van der Waals surface area contributed by atoms with Gasteiger partial charge < -0.3 is 16.2 Å². The van der Waals surface area contributed by atoms with Crippen LogP contribution in [0.1, 0.15) is 17.2 Å². The summed E-state index contributed by atoms with van der Waals surface area (Å²) in [5.74, 6) is 0.202. The average molecular weight is 379 g/mol. The fourth-order valence-corrected chi connectivity index (χ4v) is 3.32. The summed E-state index contributed by atoms with van der Waals surface area (Å²) in [5, 5.41) is 24.6. The van der Waals surface area contributed by atoms with E-state index in [2.05, 4.69) is 21.8 Å². The largest absolute Gasteiger partial charge is 0.465 e. The zero-order valence-electron chi connectivity index (χ0n) is 15.4. The highest BCUT2D eigenvalue weighted by atomic mass is 16.4. The molecule has 0 spiro atoms. The molecule has 0 aliphatic carbocycles. The van der Waals surface area contributed by atoms with Crippen LogP contribution in [-0.2, 0) is 6.54 Å². The smallest absolute Gasteiger partial charge is 0.404 e. The molecule has 3 rings (SSSR count). The molecule has 8 heteroatoms. The maximum absolute atomic E-state index is 10.8. The van der Waals surface area contributed by atoms with Crippen molar-refractivity contribution in [1.82, 2.24) is 10.6 Å². The number of nitriles is 1. The average Bonchev–Trinajstić information content (AvgIpc) is 2.73. The Hall–Kier alpha value is -3.41. The van der Waals surface area contributed by atoms with E-state index >= 15 is 0 Å². The molecule has 144 valence electrons. The molecule has 2 aromatic rings. The zero-order valence-corrected chi connectivity index (χ0v) is 15.4. The number of nitrogens with two attached hydrogens (primary N) is 1. The van der Waals surface area contributed by atoms with Gasteiger partial charge in [0.25, 0.3) is 0 Å². The molecule has 2 unspecified atom stereocenters. The number of carbonyl (C=O) groups is 1. The summed E-state index contributed by atoms with van der Waals surface area (Å²) in [6, 6.07) is 17.1. The normalized spacial score (nSPS) is 22.2. The molecule has 1 heterocycles. The van der Waals surface area contributed by atoms with Crippen LogP contribution in [0.5, 0.6) is 0 Å². The van der Waals surface area contributed by atoms with Gasteiger partial charge in [-0.2, -0.15) is 9.48 Å². The predicted molar refractivity (Wildman–Crippen MR) is 105 cm³/mol. The highest BCUT2D eigenvalue weighted by molar-refractivity contribution is 5.76. The van der Waals surface area contributed by atoms with Crippen LogP contribution >= 0.6 is 0 Å². The molecule has 0 saturated carbocycles. The van der Waals surface area contributed by atoms with Crippen LogP contribution in [0, 0.1) is 11.5 Å². The minimum atomic E-state index is -1.11. The summed E-state index contributed by atoms with van der Waals surface area (Å²) in [4.78, 5) is 15.3. The molecule has 1 aliphatic rings. The number of nitrogens with one attached hydrogen (secondary N) is 2. The van der Waals surface area contributed by atoms with Gasteiger partial charge in [0.1, 0.15) is 13.1 Å². The van der Waals surface area contributed by atoms with Gasteiger partial charge in [-0.25, -0.2) is 4.79 Å². The van der Waals surface area contributed by atoms with Crippen molar-refractivity contribution in [3.8, 4) is 6.19 Å². The monoisotopic (exact) mass is 379 g/mol. The first-order chi connectivity index (χ1) is 13.5. The first-order valence-electron chi connectivity index (χ1n) is 9.00. The van der Waals surface area contributed by atoms with E-state index in [1.54, 1.807) is 24.3 Å². The van der Waals surface area contributed by atoms with Crippen LogP contribution < -0.4 is 16.4 Å². The molecule has 1 fully saturated rings. The van der Waals surface area contributed by atoms with Crippen molar-refractivity contribution >= 4 is 17.7 Å². The number of amides is 1. The van der Waals surface area contributed by atoms with Gasteiger partial charge in [0.2, 0.25) is 0 Å². The number of quaternary nitrogens is 1. The van der Waals surface area contributed by atoms with Crippen molar-refractivity contribution in [3.63, 3.8) is 0 Å². The van der Waals surface area contributed by atoms with Crippen molar-refractivity contribution in [2.24, 2.45) is 10.7 Å². The Morgan fingerprint density at radius 2 is 2.00 bits per heavy atom. The van der Waals surface area contributed by atoms with E-state index in [0.717, 1.165) is 5.56 Å². The van der Waals surface area contributed by atoms with Gasteiger partial charge in [-0.3, -0.25) is 5.32 Å². The second kappa shape index (κ2) is 8.52. The summed E-state index contributed by atoms with van der Waals surface area (Å²) in [5.41, 5.74) is 8.67. The lowest BCUT2D eigenvalue weighted by atomic mass is 10.0. The second-order valence-electron chi connectivity index (χ2n) is 6.65. The molecule has 1 aliphatic heterocycles. The Kier molecular flexibility index (Phi) is 5.89. The number of aliphatic imine (C=N–C) groups is 1. The number of benzene rings is 2. The third-order valence-electron chi connectivity index (χ3n) is 4.87. The Morgan fingerprint density at radius 1 is 1.29 bits per heavy atom. The first kappa shape index (κ1) is 19.4. The molecule has 2 aromatic carbocycles. The number of piperazine rings is 1. The summed E-state index contributed by atoms with van der Waals surface area (Å²) in [7, 11) is 0. The summed E-state index contributed by atoms with van der Waals surface area (Å²) >= 11 is 0. The molecule has 2 atom stereocenters. The van der Waals surface area contributed by atoms with Crippen molar-refractivity contribution < 1.29 is 14.4 Å². The van der Waals surface area contributed by atoms with E-state index < -0.39 is 6.09 Å². The predicted octanol–water partition coefficient (Wildman–Crippen LogP) is 2.04. The molecule has 0 bridgehead atoms. The Labute approximate surface area is 163 Å². The number of hydrogen-bond acceptors (Lipinski definition) is 4. The minimum absolute atomic E-state index is 0.00716. The molecule has 5 N–H and O–H groups in total. The van der Waals surface area contributed by atoms with Gasteiger partial charge in [0.05, 0.1) is 11.7 Å². The molecule has 1 amide bonds. The molecular weight excluding hydrogens is 356 g/mol. The standard InChI is InChI=1S/C20H22N6O2/c21-14-26(11-10-23-18(13-26)15-6-2-1-3-7-15)19(22)25-17-9-5-4-8-16(17)12-24-20(27)28/h1-9,18,23-24H,10-13H2,(H2-,22,25,27,28)/p+1. The fraction of sp³-hybridized carbons (Fsp3) is 0.250. The molecule has 0 radical (unpaired) electrons. The van der Waals surface area contributed by atoms with E-state index in [4.69, 9.17) is 10.8 Å². The molecular formula is C20H23N6O2+. The quantitative estimate of drug-likeness (QED) is 0.280. The van der Waals surface area contributed by atoms with Gasteiger partial charge in [-0.15, -0.1) is 5.26 Å². The Bertz CT molecular complexity index is 908. The lowest BCUT2D eigenvalue weighted by Crippen LogP contribution is -2.62. The lowest BCUT2D eigenvalue weighted by Gasteiger charge is -2.36. The van der Waals surface area contributed by atoms with E-state index in [1.165, 1.54) is 0 Å². The molecule has 0 aromatic heterocycles. The number of para-hydroxylation sites is 1. The van der Waals surface area contributed by atoms with Crippen LogP contribution in [0.4, 0.5) is 10.5 Å². The third-order valence-corrected chi connectivity index (χ3v) is 4.87. The van der Waals surface area contributed by atoms with E-state index in [9.17, 15) is 10.1 Å². The topological polar surface area (TPSA) is 124 Å². The second-order valence-corrected chi connectivity index (χ2v) is 6.65. The van der Waals surface area contributed by atoms with Gasteiger partial charge in [-0.05, 0) is 17.2 Å². The lowest BCUT2D eigenvalue weighted by molar-refractivity contribution is -0.782. The van der Waals surface area contributed by atoms with Crippen LogP contribution in [0.2, 0.25) is 0 Å². The van der Waals surface area contributed by atoms with Crippen LogP contribution in [0.3, 0.4) is 0 Å². The zero-order chi connectivity index (χ0) is 20.0. The number of rotatable bonds is 4. The van der Waals surface area contributed by atoms with Crippen molar-refractivity contribution in [2.75, 3.05) is 19.6 Å². The first-order valence-corrected chi connectivity index (χ1v) is 9.00. The third kappa shape index (κ3) is 4.28. The van der Waals surface area contributed by atoms with Gasteiger partial charge in [0, 0.05) is 13.1 Å². The van der Waals surface area contributed by atoms with Crippen LogP contribution in [-0.4, -0.2) is 41.3 Å². The van der Waals surface area contributed by atoms with Crippen LogP contribution in [0.25, 0.3) is 0 Å². The summed E-state index contributed by atoms with van der Waals surface area (Å²) in [6.07, 6.45) is 1.23. The highest BCUT2D eigenvalue weighted by Gasteiger charge is 2.40. The number of hydrogen-bond donors (Lipinski definition) is 4. The summed E-state index contributed by atoms with van der Waals surface area (Å²) < 4.78 is -0.0900.